The zero-order valence-corrected chi connectivity index (χ0v) is 16.3. The van der Waals surface area contributed by atoms with E-state index in [2.05, 4.69) is 0 Å². The predicted molar refractivity (Wildman–Crippen MR) is 101 cm³/mol. The first-order valence-corrected chi connectivity index (χ1v) is 9.71. The van der Waals surface area contributed by atoms with Crippen LogP contribution in [0.2, 0.25) is 0 Å². The molecule has 28 heavy (non-hydrogen) atoms. The van der Waals surface area contributed by atoms with Gasteiger partial charge in [0.15, 0.2) is 6.61 Å². The number of carbonyl (C=O) groups is 4. The number of esters is 1. The van der Waals surface area contributed by atoms with Gasteiger partial charge in [-0.3, -0.25) is 19.3 Å². The van der Waals surface area contributed by atoms with Gasteiger partial charge in [-0.1, -0.05) is 43.2 Å². The first kappa shape index (κ1) is 20.0. The molecule has 0 bridgehead atoms. The number of nitrogens with zero attached hydrogens (tertiary/aromatic N) is 2. The summed E-state index contributed by atoms with van der Waals surface area (Å²) in [5.41, 5.74) is 0.967. The number of ether oxygens (including phenoxy) is 1. The summed E-state index contributed by atoms with van der Waals surface area (Å²) in [4.78, 5) is 52.2. The van der Waals surface area contributed by atoms with E-state index in [4.69, 9.17) is 4.74 Å². The molecule has 2 fully saturated rings. The van der Waals surface area contributed by atoms with Crippen LogP contribution in [0.15, 0.2) is 30.3 Å². The molecule has 3 rings (SSSR count). The van der Waals surface area contributed by atoms with E-state index in [0.29, 0.717) is 19.4 Å². The maximum Gasteiger partial charge on any atom is 0.329 e. The van der Waals surface area contributed by atoms with E-state index in [-0.39, 0.29) is 29.6 Å². The van der Waals surface area contributed by atoms with Gasteiger partial charge in [0, 0.05) is 13.6 Å². The molecule has 1 heterocycles. The van der Waals surface area contributed by atoms with Crippen molar-refractivity contribution in [2.75, 3.05) is 13.7 Å². The molecule has 150 valence electrons. The van der Waals surface area contributed by atoms with Gasteiger partial charge in [-0.25, -0.2) is 4.79 Å². The summed E-state index contributed by atoms with van der Waals surface area (Å²) in [5, 5.41) is 0. The molecule has 3 atom stereocenters. The van der Waals surface area contributed by atoms with Gasteiger partial charge in [0.2, 0.25) is 11.8 Å². The van der Waals surface area contributed by atoms with E-state index >= 15 is 0 Å². The van der Waals surface area contributed by atoms with Crippen LogP contribution in [0.3, 0.4) is 0 Å². The smallest absolute Gasteiger partial charge is 0.329 e. The Morgan fingerprint density at radius 1 is 1.11 bits per heavy atom. The van der Waals surface area contributed by atoms with E-state index in [9.17, 15) is 19.2 Å². The molecule has 0 aromatic heterocycles. The predicted octanol–water partition coefficient (Wildman–Crippen LogP) is 1.75. The van der Waals surface area contributed by atoms with Crippen LogP contribution in [0.25, 0.3) is 0 Å². The summed E-state index contributed by atoms with van der Waals surface area (Å²) in [6.45, 7) is 1.46. The largest absolute Gasteiger partial charge is 0.454 e. The van der Waals surface area contributed by atoms with Crippen LogP contribution in [0, 0.1) is 11.8 Å². The highest BCUT2D eigenvalue weighted by atomic mass is 16.5. The summed E-state index contributed by atoms with van der Waals surface area (Å²) in [7, 11) is 1.63. The maximum absolute atomic E-state index is 12.6. The lowest BCUT2D eigenvalue weighted by atomic mass is 9.81. The highest BCUT2D eigenvalue weighted by molar-refractivity contribution is 6.07. The van der Waals surface area contributed by atoms with Gasteiger partial charge in [-0.15, -0.1) is 0 Å². The standard InChI is InChI=1S/C21H26N2O5/c1-14(23-19(25)16-10-6-7-11-17(16)20(23)26)21(27)28-13-18(24)22(2)12-15-8-4-3-5-9-15/h3-5,8-9,14,16-17H,6-7,10-13H2,1-2H3/t14-,16?,17?/m0/s1. The normalized spacial score (nSPS) is 22.6. The summed E-state index contributed by atoms with van der Waals surface area (Å²) >= 11 is 0. The van der Waals surface area contributed by atoms with Gasteiger partial charge in [0.05, 0.1) is 11.8 Å². The zero-order chi connectivity index (χ0) is 20.3. The molecule has 0 N–H and O–H groups in total. The van der Waals surface area contributed by atoms with Crippen LogP contribution in [-0.2, 0) is 30.5 Å². The number of rotatable bonds is 6. The number of hydrogen-bond donors (Lipinski definition) is 0. The Hall–Kier alpha value is -2.70. The van der Waals surface area contributed by atoms with E-state index in [1.165, 1.54) is 11.8 Å². The Balaban J connectivity index is 1.53. The molecule has 1 saturated heterocycles. The van der Waals surface area contributed by atoms with Crippen molar-refractivity contribution in [3.05, 3.63) is 35.9 Å². The molecule has 7 heteroatoms. The number of amides is 3. The fraction of sp³-hybridized carbons (Fsp3) is 0.524. The number of fused-ring (bicyclic) bond motifs is 1. The highest BCUT2D eigenvalue weighted by Crippen LogP contribution is 2.38. The minimum absolute atomic E-state index is 0.285. The van der Waals surface area contributed by atoms with Gasteiger partial charge in [-0.2, -0.15) is 0 Å². The second kappa shape index (κ2) is 8.54. The minimum atomic E-state index is -1.02. The number of likely N-dealkylation sites (N-methyl/N-ethyl adjacent to an activating group) is 1. The topological polar surface area (TPSA) is 84.0 Å². The van der Waals surface area contributed by atoms with Gasteiger partial charge in [0.1, 0.15) is 6.04 Å². The van der Waals surface area contributed by atoms with Gasteiger partial charge in [-0.05, 0) is 25.3 Å². The van der Waals surface area contributed by atoms with Crippen LogP contribution in [0.1, 0.15) is 38.2 Å². The molecule has 1 aliphatic heterocycles. The monoisotopic (exact) mass is 386 g/mol. The van der Waals surface area contributed by atoms with Gasteiger partial charge < -0.3 is 9.64 Å². The average Bonchev–Trinajstić information content (AvgIpc) is 2.96. The van der Waals surface area contributed by atoms with E-state index in [1.54, 1.807) is 7.05 Å². The van der Waals surface area contributed by atoms with Crippen molar-refractivity contribution < 1.29 is 23.9 Å². The third kappa shape index (κ3) is 4.08. The van der Waals surface area contributed by atoms with Crippen molar-refractivity contribution in [2.24, 2.45) is 11.8 Å². The third-order valence-corrected chi connectivity index (χ3v) is 5.63. The molecule has 0 spiro atoms. The lowest BCUT2D eigenvalue weighted by Crippen LogP contribution is -2.45. The molecule has 1 saturated carbocycles. The third-order valence-electron chi connectivity index (χ3n) is 5.63. The van der Waals surface area contributed by atoms with E-state index in [0.717, 1.165) is 23.3 Å². The summed E-state index contributed by atoms with van der Waals surface area (Å²) < 4.78 is 5.11. The Morgan fingerprint density at radius 2 is 1.68 bits per heavy atom. The molecule has 3 amide bonds. The fourth-order valence-corrected chi connectivity index (χ4v) is 3.98. The van der Waals surface area contributed by atoms with Gasteiger partial charge in [0.25, 0.3) is 5.91 Å². The number of hydrogen-bond acceptors (Lipinski definition) is 5. The fourth-order valence-electron chi connectivity index (χ4n) is 3.98. The number of carbonyl (C=O) groups excluding carboxylic acids is 4. The number of benzene rings is 1. The lowest BCUT2D eigenvalue weighted by Gasteiger charge is -2.22. The SMILES string of the molecule is C[C@@H](C(=O)OCC(=O)N(C)Cc1ccccc1)N1C(=O)C2CCCCC2C1=O. The van der Waals surface area contributed by atoms with Crippen molar-refractivity contribution in [2.45, 2.75) is 45.2 Å². The molecule has 2 unspecified atom stereocenters. The molecule has 2 aliphatic rings. The summed E-state index contributed by atoms with van der Waals surface area (Å²) in [5.74, 6) is -2.28. The van der Waals surface area contributed by atoms with Gasteiger partial charge >= 0.3 is 5.97 Å². The average molecular weight is 386 g/mol. The van der Waals surface area contributed by atoms with Crippen LogP contribution >= 0.6 is 0 Å². The molecule has 7 nitrogen and oxygen atoms in total. The Labute approximate surface area is 164 Å². The highest BCUT2D eigenvalue weighted by Gasteiger charge is 2.51. The van der Waals surface area contributed by atoms with Crippen molar-refractivity contribution in [1.29, 1.82) is 0 Å². The Kier molecular flexibility index (Phi) is 6.11. The van der Waals surface area contributed by atoms with Crippen molar-refractivity contribution in [3.63, 3.8) is 0 Å². The van der Waals surface area contributed by atoms with E-state index in [1.807, 2.05) is 30.3 Å². The molecule has 0 radical (unpaired) electrons. The summed E-state index contributed by atoms with van der Waals surface area (Å²) in [6, 6.07) is 8.46. The molecular weight excluding hydrogens is 360 g/mol. The molecule has 1 aromatic rings. The number of likely N-dealkylation sites (tertiary alicyclic amines) is 1. The molecular formula is C21H26N2O5. The molecule has 1 aromatic carbocycles. The first-order chi connectivity index (χ1) is 13.4. The van der Waals surface area contributed by atoms with Crippen molar-refractivity contribution in [3.8, 4) is 0 Å². The second-order valence-corrected chi connectivity index (χ2v) is 7.56. The minimum Gasteiger partial charge on any atom is -0.454 e. The van der Waals surface area contributed by atoms with Crippen LogP contribution in [0.4, 0.5) is 0 Å². The quantitative estimate of drug-likeness (QED) is 0.549. The van der Waals surface area contributed by atoms with Crippen LogP contribution in [-0.4, -0.2) is 53.2 Å². The zero-order valence-electron chi connectivity index (χ0n) is 16.3. The maximum atomic E-state index is 12.6. The van der Waals surface area contributed by atoms with Crippen molar-refractivity contribution >= 4 is 23.7 Å². The molecule has 1 aliphatic carbocycles. The Morgan fingerprint density at radius 3 is 2.25 bits per heavy atom. The summed E-state index contributed by atoms with van der Waals surface area (Å²) in [6.07, 6.45) is 3.23. The van der Waals surface area contributed by atoms with Crippen molar-refractivity contribution in [1.82, 2.24) is 9.80 Å². The second-order valence-electron chi connectivity index (χ2n) is 7.56. The first-order valence-electron chi connectivity index (χ1n) is 9.71. The van der Waals surface area contributed by atoms with Crippen LogP contribution in [0.5, 0.6) is 0 Å². The Bertz CT molecular complexity index is 739. The van der Waals surface area contributed by atoms with E-state index < -0.39 is 18.6 Å². The number of imide groups is 1. The van der Waals surface area contributed by atoms with Crippen LogP contribution < -0.4 is 0 Å². The lowest BCUT2D eigenvalue weighted by molar-refractivity contribution is -0.161.